The molecule has 1 N–H and O–H groups in total. The smallest absolute Gasteiger partial charge is 0.122 e. The molecule has 0 unspecified atom stereocenters. The van der Waals surface area contributed by atoms with Gasteiger partial charge in [-0.1, -0.05) is 18.2 Å². The van der Waals surface area contributed by atoms with Crippen LogP contribution in [0.5, 0.6) is 5.75 Å². The standard InChI is InChI=1S/C12H19NO/c1-9(2)13(4)8-11-7-5-6-10(3)12(11)14/h5-7,9,14H,8H2,1-4H3. The number of rotatable bonds is 3. The second-order valence-electron chi connectivity index (χ2n) is 4.09. The molecule has 0 bridgehead atoms. The molecule has 1 aromatic rings. The second kappa shape index (κ2) is 4.47. The minimum Gasteiger partial charge on any atom is -0.507 e. The number of hydrogen-bond donors (Lipinski definition) is 1. The Bertz CT molecular complexity index is 307. The molecule has 0 aliphatic rings. The largest absolute Gasteiger partial charge is 0.507 e. The van der Waals surface area contributed by atoms with E-state index in [2.05, 4.69) is 25.8 Å². The summed E-state index contributed by atoms with van der Waals surface area (Å²) in [6.07, 6.45) is 0. The van der Waals surface area contributed by atoms with Gasteiger partial charge in [0.2, 0.25) is 0 Å². The van der Waals surface area contributed by atoms with Crippen LogP contribution < -0.4 is 0 Å². The van der Waals surface area contributed by atoms with Crippen molar-refractivity contribution in [3.05, 3.63) is 29.3 Å². The molecule has 0 aliphatic carbocycles. The Morgan fingerprint density at radius 3 is 2.57 bits per heavy atom. The molecule has 0 aliphatic heterocycles. The Balaban J connectivity index is 2.82. The summed E-state index contributed by atoms with van der Waals surface area (Å²) >= 11 is 0. The van der Waals surface area contributed by atoms with Crippen LogP contribution >= 0.6 is 0 Å². The van der Waals surface area contributed by atoms with Crippen LogP contribution in [0, 0.1) is 6.92 Å². The van der Waals surface area contributed by atoms with Gasteiger partial charge in [-0.25, -0.2) is 0 Å². The van der Waals surface area contributed by atoms with Crippen LogP contribution in [-0.2, 0) is 6.54 Å². The van der Waals surface area contributed by atoms with Crippen molar-refractivity contribution in [2.24, 2.45) is 0 Å². The lowest BCUT2D eigenvalue weighted by Crippen LogP contribution is -2.25. The first-order chi connectivity index (χ1) is 6.52. The number of para-hydroxylation sites is 1. The molecule has 78 valence electrons. The number of nitrogens with zero attached hydrogens (tertiary/aromatic N) is 1. The molecule has 2 nitrogen and oxygen atoms in total. The average Bonchev–Trinajstić information content (AvgIpc) is 2.12. The van der Waals surface area contributed by atoms with Gasteiger partial charge in [0.1, 0.15) is 5.75 Å². The molecule has 0 saturated carbocycles. The van der Waals surface area contributed by atoms with Crippen molar-refractivity contribution in [1.82, 2.24) is 4.90 Å². The van der Waals surface area contributed by atoms with Crippen molar-refractivity contribution in [3.8, 4) is 5.75 Å². The Morgan fingerprint density at radius 1 is 1.36 bits per heavy atom. The Labute approximate surface area is 86.2 Å². The molecular weight excluding hydrogens is 174 g/mol. The number of phenolic OH excluding ortho intramolecular Hbond substituents is 1. The lowest BCUT2D eigenvalue weighted by atomic mass is 10.1. The maximum Gasteiger partial charge on any atom is 0.122 e. The third-order valence-electron chi connectivity index (χ3n) is 2.62. The average molecular weight is 193 g/mol. The van der Waals surface area contributed by atoms with Crippen molar-refractivity contribution in [2.75, 3.05) is 7.05 Å². The lowest BCUT2D eigenvalue weighted by Gasteiger charge is -2.21. The minimum atomic E-state index is 0.431. The number of aryl methyl sites for hydroxylation is 1. The van der Waals surface area contributed by atoms with Crippen molar-refractivity contribution in [2.45, 2.75) is 33.4 Å². The van der Waals surface area contributed by atoms with Gasteiger partial charge in [-0.3, -0.25) is 4.90 Å². The highest BCUT2D eigenvalue weighted by molar-refractivity contribution is 5.39. The fourth-order valence-corrected chi connectivity index (χ4v) is 1.30. The number of phenols is 1. The van der Waals surface area contributed by atoms with Crippen LogP contribution in [0.4, 0.5) is 0 Å². The van der Waals surface area contributed by atoms with E-state index in [4.69, 9.17) is 0 Å². The fourth-order valence-electron chi connectivity index (χ4n) is 1.30. The van der Waals surface area contributed by atoms with E-state index >= 15 is 0 Å². The van der Waals surface area contributed by atoms with Crippen LogP contribution in [-0.4, -0.2) is 23.1 Å². The number of hydrogen-bond acceptors (Lipinski definition) is 2. The molecule has 0 spiro atoms. The minimum absolute atomic E-state index is 0.431. The third-order valence-corrected chi connectivity index (χ3v) is 2.62. The van der Waals surface area contributed by atoms with Crippen molar-refractivity contribution in [3.63, 3.8) is 0 Å². The van der Waals surface area contributed by atoms with Gasteiger partial charge in [0.15, 0.2) is 0 Å². The predicted octanol–water partition coefficient (Wildman–Crippen LogP) is 2.54. The fraction of sp³-hybridized carbons (Fsp3) is 0.500. The molecule has 0 amide bonds. The van der Waals surface area contributed by atoms with E-state index in [1.807, 2.05) is 25.1 Å². The van der Waals surface area contributed by atoms with E-state index in [0.717, 1.165) is 17.7 Å². The quantitative estimate of drug-likeness (QED) is 0.797. The van der Waals surface area contributed by atoms with Crippen molar-refractivity contribution in [1.29, 1.82) is 0 Å². The van der Waals surface area contributed by atoms with E-state index in [0.29, 0.717) is 11.8 Å². The zero-order valence-electron chi connectivity index (χ0n) is 9.41. The summed E-state index contributed by atoms with van der Waals surface area (Å²) in [5, 5.41) is 9.80. The summed E-state index contributed by atoms with van der Waals surface area (Å²) in [5.41, 5.74) is 1.95. The molecule has 2 heteroatoms. The molecular formula is C12H19NO. The normalized spacial score (nSPS) is 11.3. The van der Waals surface area contributed by atoms with E-state index in [-0.39, 0.29) is 0 Å². The van der Waals surface area contributed by atoms with Gasteiger partial charge < -0.3 is 5.11 Å². The zero-order chi connectivity index (χ0) is 10.7. The molecule has 0 heterocycles. The van der Waals surface area contributed by atoms with E-state index in [1.54, 1.807) is 0 Å². The van der Waals surface area contributed by atoms with Crippen LogP contribution in [0.2, 0.25) is 0 Å². The van der Waals surface area contributed by atoms with E-state index < -0.39 is 0 Å². The molecule has 14 heavy (non-hydrogen) atoms. The lowest BCUT2D eigenvalue weighted by molar-refractivity contribution is 0.262. The molecule has 0 radical (unpaired) electrons. The SMILES string of the molecule is Cc1cccc(CN(C)C(C)C)c1O. The van der Waals surface area contributed by atoms with Crippen LogP contribution in [0.1, 0.15) is 25.0 Å². The molecule has 1 aromatic carbocycles. The van der Waals surface area contributed by atoms with Gasteiger partial charge in [-0.2, -0.15) is 0 Å². The summed E-state index contributed by atoms with van der Waals surface area (Å²) in [5.74, 6) is 0.431. The summed E-state index contributed by atoms with van der Waals surface area (Å²) < 4.78 is 0. The predicted molar refractivity (Wildman–Crippen MR) is 59.4 cm³/mol. The van der Waals surface area contributed by atoms with Crippen LogP contribution in [0.15, 0.2) is 18.2 Å². The topological polar surface area (TPSA) is 23.5 Å². The highest BCUT2D eigenvalue weighted by Crippen LogP contribution is 2.22. The monoisotopic (exact) mass is 193 g/mol. The molecule has 0 atom stereocenters. The van der Waals surface area contributed by atoms with Crippen LogP contribution in [0.25, 0.3) is 0 Å². The highest BCUT2D eigenvalue weighted by Gasteiger charge is 2.08. The van der Waals surface area contributed by atoms with Crippen molar-refractivity contribution >= 4 is 0 Å². The van der Waals surface area contributed by atoms with E-state index in [1.165, 1.54) is 0 Å². The molecule has 0 fully saturated rings. The number of benzene rings is 1. The van der Waals surface area contributed by atoms with E-state index in [9.17, 15) is 5.11 Å². The summed E-state index contributed by atoms with van der Waals surface area (Å²) in [7, 11) is 2.06. The Kier molecular flexibility index (Phi) is 3.53. The maximum absolute atomic E-state index is 9.80. The molecule has 0 saturated heterocycles. The second-order valence-corrected chi connectivity index (χ2v) is 4.09. The van der Waals surface area contributed by atoms with Gasteiger partial charge in [0, 0.05) is 18.2 Å². The summed E-state index contributed by atoms with van der Waals surface area (Å²) in [6.45, 7) is 7.01. The first-order valence-electron chi connectivity index (χ1n) is 5.00. The number of aromatic hydroxyl groups is 1. The Hall–Kier alpha value is -1.02. The summed E-state index contributed by atoms with van der Waals surface area (Å²) in [6, 6.07) is 6.38. The van der Waals surface area contributed by atoms with Gasteiger partial charge in [-0.15, -0.1) is 0 Å². The molecule has 0 aromatic heterocycles. The van der Waals surface area contributed by atoms with Gasteiger partial charge in [0.25, 0.3) is 0 Å². The Morgan fingerprint density at radius 2 is 2.00 bits per heavy atom. The first kappa shape index (κ1) is 11.1. The zero-order valence-corrected chi connectivity index (χ0v) is 9.41. The van der Waals surface area contributed by atoms with Gasteiger partial charge in [0.05, 0.1) is 0 Å². The van der Waals surface area contributed by atoms with Crippen molar-refractivity contribution < 1.29 is 5.11 Å². The molecule has 1 rings (SSSR count). The maximum atomic E-state index is 9.80. The third kappa shape index (κ3) is 2.48. The van der Waals surface area contributed by atoms with Gasteiger partial charge in [-0.05, 0) is 33.4 Å². The van der Waals surface area contributed by atoms with Gasteiger partial charge >= 0.3 is 0 Å². The highest BCUT2D eigenvalue weighted by atomic mass is 16.3. The van der Waals surface area contributed by atoms with Crippen LogP contribution in [0.3, 0.4) is 0 Å². The first-order valence-corrected chi connectivity index (χ1v) is 5.00. The summed E-state index contributed by atoms with van der Waals surface area (Å²) in [4.78, 5) is 2.20.